The predicted molar refractivity (Wildman–Crippen MR) is 177 cm³/mol. The van der Waals surface area contributed by atoms with Gasteiger partial charge in [0, 0.05) is 42.0 Å². The summed E-state index contributed by atoms with van der Waals surface area (Å²) in [7, 11) is -4.40. The van der Waals surface area contributed by atoms with E-state index in [0.717, 1.165) is 15.7 Å². The molecule has 1 amide bonds. The van der Waals surface area contributed by atoms with Crippen LogP contribution in [0.2, 0.25) is 0 Å². The normalized spacial score (nSPS) is 17.1. The average Bonchev–Trinajstić information content (AvgIpc) is 3.51. The first-order valence-electron chi connectivity index (χ1n) is 15.4. The highest BCUT2D eigenvalue weighted by Crippen LogP contribution is 2.40. The van der Waals surface area contributed by atoms with Gasteiger partial charge in [-0.2, -0.15) is 13.2 Å². The fourth-order valence-electron chi connectivity index (χ4n) is 5.67. The summed E-state index contributed by atoms with van der Waals surface area (Å²) in [4.78, 5) is 26.8. The number of amidine groups is 1. The van der Waals surface area contributed by atoms with Crippen molar-refractivity contribution in [3.05, 3.63) is 102 Å². The number of ether oxygens (including phenoxy) is 1. The van der Waals surface area contributed by atoms with Crippen LogP contribution in [0.4, 0.5) is 23.9 Å². The molecule has 260 valence electrons. The van der Waals surface area contributed by atoms with Gasteiger partial charge < -0.3 is 25.9 Å². The second kappa shape index (κ2) is 13.7. The fourth-order valence-corrected chi connectivity index (χ4v) is 7.01. The minimum atomic E-state index is -4.93. The summed E-state index contributed by atoms with van der Waals surface area (Å²) in [5.74, 6) is -0.610. The Bertz CT molecular complexity index is 2160. The van der Waals surface area contributed by atoms with Crippen LogP contribution in [0.15, 0.2) is 95.2 Å². The van der Waals surface area contributed by atoms with Crippen molar-refractivity contribution in [2.45, 2.75) is 49.5 Å². The summed E-state index contributed by atoms with van der Waals surface area (Å²) < 4.78 is 77.2. The van der Waals surface area contributed by atoms with E-state index in [4.69, 9.17) is 10.5 Å². The molecule has 0 unspecified atom stereocenters. The van der Waals surface area contributed by atoms with E-state index in [1.807, 2.05) is 37.3 Å². The maximum Gasteiger partial charge on any atom is 0.419 e. The Balaban J connectivity index is 1.37. The van der Waals surface area contributed by atoms with Gasteiger partial charge in [-0.05, 0) is 49.6 Å². The zero-order valence-electron chi connectivity index (χ0n) is 26.4. The maximum atomic E-state index is 14.5. The first-order chi connectivity index (χ1) is 23.9. The molecule has 1 aliphatic rings. The Morgan fingerprint density at radius 2 is 1.76 bits per heavy atom. The number of fused-ring (bicyclic) bond motifs is 1. The number of nitrogens with zero attached hydrogens (tertiary/aromatic N) is 6. The number of oxime groups is 1. The SMILES string of the molecule is C[C@@H]1CC[C@@H](Nc2ncc(C(F)(F)F)c(-c3cn(S(=O)(=O)c4ccccc4)c4nc(/C(N)=N\O)ccc34)n2)CN1C(=O)OCc1ccccc1. The van der Waals surface area contributed by atoms with Crippen LogP contribution in [0.25, 0.3) is 22.3 Å². The zero-order valence-corrected chi connectivity index (χ0v) is 27.3. The van der Waals surface area contributed by atoms with Gasteiger partial charge in [0.15, 0.2) is 11.5 Å². The Morgan fingerprint density at radius 1 is 1.06 bits per heavy atom. The van der Waals surface area contributed by atoms with Crippen LogP contribution in [-0.2, 0) is 27.5 Å². The van der Waals surface area contributed by atoms with Gasteiger partial charge in [-0.15, -0.1) is 0 Å². The number of benzene rings is 2. The molecule has 0 bridgehead atoms. The summed E-state index contributed by atoms with van der Waals surface area (Å²) >= 11 is 0. The number of pyridine rings is 1. The van der Waals surface area contributed by atoms with Gasteiger partial charge in [-0.1, -0.05) is 53.7 Å². The van der Waals surface area contributed by atoms with Gasteiger partial charge in [0.1, 0.15) is 17.9 Å². The standard InChI is InChI=1S/C33H31F3N8O5S/c1-20-12-13-22(17-43(20)32(45)49-19-21-8-4-2-5-9-21)39-31-38-16-26(33(34,35)36)28(41-31)25-18-44(50(47,48)23-10-6-3-7-11-23)30-24(25)14-15-27(40-30)29(37)42-46/h2-11,14-16,18,20,22,46H,12-13,17,19H2,1H3,(H2,37,42)(H,38,39,41)/t20-,22-/m1/s1. The molecule has 1 aliphatic heterocycles. The highest BCUT2D eigenvalue weighted by molar-refractivity contribution is 7.90. The molecule has 50 heavy (non-hydrogen) atoms. The number of amides is 1. The van der Waals surface area contributed by atoms with Crippen LogP contribution in [-0.4, -0.2) is 68.0 Å². The van der Waals surface area contributed by atoms with E-state index < -0.39 is 45.4 Å². The Labute approximate surface area is 284 Å². The highest BCUT2D eigenvalue weighted by atomic mass is 32.2. The third kappa shape index (κ3) is 6.89. The monoisotopic (exact) mass is 708 g/mol. The van der Waals surface area contributed by atoms with Gasteiger partial charge in [-0.25, -0.2) is 32.1 Å². The van der Waals surface area contributed by atoms with Crippen LogP contribution in [0, 0.1) is 0 Å². The van der Waals surface area contributed by atoms with E-state index in [1.54, 1.807) is 11.0 Å². The number of carbonyl (C=O) groups excluding carboxylic acids is 1. The summed E-state index contributed by atoms with van der Waals surface area (Å²) in [6.07, 6.45) is -2.71. The van der Waals surface area contributed by atoms with Crippen LogP contribution in [0.5, 0.6) is 0 Å². The fraction of sp³-hybridized carbons (Fsp3) is 0.242. The number of halogens is 3. The van der Waals surface area contributed by atoms with Crippen molar-refractivity contribution in [1.29, 1.82) is 0 Å². The van der Waals surface area contributed by atoms with E-state index >= 15 is 0 Å². The lowest BCUT2D eigenvalue weighted by Crippen LogP contribution is -2.50. The lowest BCUT2D eigenvalue weighted by molar-refractivity contribution is -0.137. The molecule has 6 rings (SSSR count). The number of rotatable bonds is 8. The Morgan fingerprint density at radius 3 is 2.44 bits per heavy atom. The molecule has 0 spiro atoms. The molecule has 4 N–H and O–H groups in total. The number of carbonyl (C=O) groups is 1. The summed E-state index contributed by atoms with van der Waals surface area (Å²) in [6.45, 7) is 2.13. The number of hydrogen-bond acceptors (Lipinski definition) is 10. The summed E-state index contributed by atoms with van der Waals surface area (Å²) in [6, 6.07) is 18.4. The number of piperidine rings is 1. The van der Waals surface area contributed by atoms with Crippen LogP contribution >= 0.6 is 0 Å². The molecule has 2 aromatic carbocycles. The molecular weight excluding hydrogens is 677 g/mol. The molecule has 2 atom stereocenters. The second-order valence-electron chi connectivity index (χ2n) is 11.6. The molecule has 0 aliphatic carbocycles. The predicted octanol–water partition coefficient (Wildman–Crippen LogP) is 5.45. The number of aromatic nitrogens is 4. The maximum absolute atomic E-state index is 14.5. The number of alkyl halides is 3. The van der Waals surface area contributed by atoms with E-state index in [1.165, 1.54) is 36.4 Å². The van der Waals surface area contributed by atoms with E-state index in [0.29, 0.717) is 19.0 Å². The van der Waals surface area contributed by atoms with Gasteiger partial charge in [0.25, 0.3) is 10.0 Å². The van der Waals surface area contributed by atoms with Crippen molar-refractivity contribution in [1.82, 2.24) is 23.8 Å². The molecule has 0 saturated carbocycles. The highest BCUT2D eigenvalue weighted by Gasteiger charge is 2.38. The van der Waals surface area contributed by atoms with Crippen molar-refractivity contribution in [2.24, 2.45) is 10.9 Å². The molecule has 17 heteroatoms. The van der Waals surface area contributed by atoms with E-state index in [2.05, 4.69) is 25.4 Å². The molecule has 1 saturated heterocycles. The second-order valence-corrected chi connectivity index (χ2v) is 13.4. The van der Waals surface area contributed by atoms with Gasteiger partial charge in [-0.3, -0.25) is 0 Å². The molecule has 13 nitrogen and oxygen atoms in total. The minimum Gasteiger partial charge on any atom is -0.445 e. The third-order valence-electron chi connectivity index (χ3n) is 8.29. The third-order valence-corrected chi connectivity index (χ3v) is 9.96. The van der Waals surface area contributed by atoms with Crippen molar-refractivity contribution >= 4 is 38.9 Å². The average molecular weight is 709 g/mol. The van der Waals surface area contributed by atoms with Gasteiger partial charge >= 0.3 is 12.3 Å². The van der Waals surface area contributed by atoms with Crippen molar-refractivity contribution in [2.75, 3.05) is 11.9 Å². The van der Waals surface area contributed by atoms with E-state index in [-0.39, 0.29) is 52.3 Å². The zero-order chi connectivity index (χ0) is 35.6. The van der Waals surface area contributed by atoms with Crippen LogP contribution < -0.4 is 11.1 Å². The molecular formula is C33H31F3N8O5S. The number of nitrogens with two attached hydrogens (primary N) is 1. The summed E-state index contributed by atoms with van der Waals surface area (Å²) in [5.41, 5.74) is 4.10. The lowest BCUT2D eigenvalue weighted by atomic mass is 10.00. The lowest BCUT2D eigenvalue weighted by Gasteiger charge is -2.37. The Hall–Kier alpha value is -5.71. The van der Waals surface area contributed by atoms with Gasteiger partial charge in [0.2, 0.25) is 5.95 Å². The first kappa shape index (κ1) is 34.2. The number of likely N-dealkylation sites (tertiary alicyclic amines) is 1. The van der Waals surface area contributed by atoms with Crippen LogP contribution in [0.3, 0.4) is 0 Å². The quantitative estimate of drug-likeness (QED) is 0.0813. The number of anilines is 1. The molecule has 3 aromatic heterocycles. The van der Waals surface area contributed by atoms with Gasteiger partial charge in [0.05, 0.1) is 10.6 Å². The topological polar surface area (TPSA) is 178 Å². The minimum absolute atomic E-state index is 0.00651. The summed E-state index contributed by atoms with van der Waals surface area (Å²) in [5, 5.41) is 15.1. The number of nitrogens with one attached hydrogen (secondary N) is 1. The van der Waals surface area contributed by atoms with Crippen LogP contribution in [0.1, 0.15) is 36.6 Å². The molecule has 1 fully saturated rings. The molecule has 4 heterocycles. The largest absolute Gasteiger partial charge is 0.445 e. The number of hydrogen-bond donors (Lipinski definition) is 3. The van der Waals surface area contributed by atoms with Crippen molar-refractivity contribution in [3.63, 3.8) is 0 Å². The molecule has 0 radical (unpaired) electrons. The van der Waals surface area contributed by atoms with Crippen molar-refractivity contribution < 1.29 is 36.3 Å². The van der Waals surface area contributed by atoms with E-state index in [9.17, 15) is 31.6 Å². The first-order valence-corrected chi connectivity index (χ1v) is 16.8. The molecule has 5 aromatic rings. The Kier molecular flexibility index (Phi) is 9.33. The smallest absolute Gasteiger partial charge is 0.419 e. The van der Waals surface area contributed by atoms with Crippen molar-refractivity contribution in [3.8, 4) is 11.3 Å².